The fourth-order valence-corrected chi connectivity index (χ4v) is 5.14. The Kier molecular flexibility index (Phi) is 11.6. The maximum absolute atomic E-state index is 15.0. The minimum atomic E-state index is -4.56. The fourth-order valence-electron chi connectivity index (χ4n) is 5.14. The predicted molar refractivity (Wildman–Crippen MR) is 154 cm³/mol. The number of ether oxygens (including phenoxy) is 2. The van der Waals surface area contributed by atoms with E-state index in [1.54, 1.807) is 12.2 Å². The number of morpholine rings is 1. The van der Waals surface area contributed by atoms with Crippen LogP contribution in [0.2, 0.25) is 0 Å². The molecular formula is C32H32F7N3O4. The highest BCUT2D eigenvalue weighted by Crippen LogP contribution is 2.34. The monoisotopic (exact) mass is 655 g/mol. The van der Waals surface area contributed by atoms with E-state index in [1.165, 1.54) is 48.5 Å². The molecule has 248 valence electrons. The van der Waals surface area contributed by atoms with E-state index in [1.807, 2.05) is 0 Å². The number of nitrogens with one attached hydrogen (secondary N) is 3. The van der Waals surface area contributed by atoms with E-state index in [4.69, 9.17) is 9.47 Å². The summed E-state index contributed by atoms with van der Waals surface area (Å²) in [6, 6.07) is 12.3. The zero-order chi connectivity index (χ0) is 33.4. The number of amides is 2. The number of carbonyl (C=O) groups is 2. The first-order valence-corrected chi connectivity index (χ1v) is 14.4. The maximum atomic E-state index is 15.0. The fraction of sp³-hybridized carbons (Fsp3) is 0.375. The molecule has 14 heteroatoms. The Hall–Kier alpha value is -4.17. The summed E-state index contributed by atoms with van der Waals surface area (Å²) in [5.74, 6) is -5.45. The molecule has 0 spiro atoms. The topological polar surface area (TPSA) is 88.7 Å². The third-order valence-corrected chi connectivity index (χ3v) is 7.55. The van der Waals surface area contributed by atoms with Crippen LogP contribution in [0.4, 0.5) is 41.2 Å². The maximum Gasteiger partial charge on any atom is 0.407 e. The zero-order valence-electron chi connectivity index (χ0n) is 24.6. The van der Waals surface area contributed by atoms with Gasteiger partial charge in [0.2, 0.25) is 5.91 Å². The Morgan fingerprint density at radius 3 is 2.35 bits per heavy atom. The van der Waals surface area contributed by atoms with Gasteiger partial charge in [-0.3, -0.25) is 4.79 Å². The highest BCUT2D eigenvalue weighted by Gasteiger charge is 2.30. The summed E-state index contributed by atoms with van der Waals surface area (Å²) in [5, 5.41) is 7.43. The van der Waals surface area contributed by atoms with Crippen molar-refractivity contribution in [3.8, 4) is 0 Å². The molecule has 1 fully saturated rings. The summed E-state index contributed by atoms with van der Waals surface area (Å²) >= 11 is 0. The Morgan fingerprint density at radius 1 is 0.978 bits per heavy atom. The van der Waals surface area contributed by atoms with Crippen LogP contribution >= 0.6 is 0 Å². The third kappa shape index (κ3) is 9.66. The summed E-state index contributed by atoms with van der Waals surface area (Å²) < 4.78 is 104. The summed E-state index contributed by atoms with van der Waals surface area (Å²) in [4.78, 5) is 25.0. The number of carbonyl (C=O) groups excluding carboxylic acids is 2. The molecule has 46 heavy (non-hydrogen) atoms. The second kappa shape index (κ2) is 15.4. The van der Waals surface area contributed by atoms with Gasteiger partial charge in [-0.25, -0.2) is 22.4 Å². The Morgan fingerprint density at radius 2 is 1.70 bits per heavy atom. The molecule has 3 aromatic carbocycles. The molecule has 1 aliphatic rings. The highest BCUT2D eigenvalue weighted by atomic mass is 19.4. The summed E-state index contributed by atoms with van der Waals surface area (Å²) in [7, 11) is 0. The van der Waals surface area contributed by atoms with Gasteiger partial charge >= 0.3 is 12.3 Å². The minimum absolute atomic E-state index is 0.0876. The molecule has 2 amide bonds. The molecule has 0 aromatic heterocycles. The third-order valence-electron chi connectivity index (χ3n) is 7.55. The Labute approximate surface area is 260 Å². The van der Waals surface area contributed by atoms with Crippen molar-refractivity contribution < 1.29 is 49.8 Å². The van der Waals surface area contributed by atoms with Crippen molar-refractivity contribution in [2.24, 2.45) is 5.92 Å². The first-order chi connectivity index (χ1) is 21.8. The van der Waals surface area contributed by atoms with Gasteiger partial charge in [-0.1, -0.05) is 31.2 Å². The molecule has 0 unspecified atom stereocenters. The lowest BCUT2D eigenvalue weighted by Gasteiger charge is -2.30. The molecule has 4 rings (SSSR count). The number of alkyl halides is 3. The van der Waals surface area contributed by atoms with E-state index in [-0.39, 0.29) is 37.0 Å². The van der Waals surface area contributed by atoms with Crippen LogP contribution in [0.5, 0.6) is 0 Å². The van der Waals surface area contributed by atoms with Gasteiger partial charge in [0.05, 0.1) is 18.8 Å². The SMILES string of the molecule is C[C@H](C(=O)Nc1cccc(F)c1CC[C@@H]1CN[C@H](COC(=O)NCC(F)(F)F)CO1)[C@H](c1ccc(F)cc1)c1ccc(F)c(F)c1. The number of hydrogen-bond acceptors (Lipinski definition) is 5. The quantitative estimate of drug-likeness (QED) is 0.214. The molecule has 1 aliphatic heterocycles. The highest BCUT2D eigenvalue weighted by molar-refractivity contribution is 5.94. The summed E-state index contributed by atoms with van der Waals surface area (Å²) in [6.45, 7) is 0.221. The summed E-state index contributed by atoms with van der Waals surface area (Å²) in [6.07, 6.45) is -5.66. The number of hydrogen-bond donors (Lipinski definition) is 3. The lowest BCUT2D eigenvalue weighted by atomic mass is 9.81. The molecule has 3 N–H and O–H groups in total. The number of halogens is 7. The normalized spacial score (nSPS) is 18.0. The smallest absolute Gasteiger partial charge is 0.407 e. The molecule has 0 bridgehead atoms. The van der Waals surface area contributed by atoms with Crippen molar-refractivity contribution in [3.05, 3.63) is 101 Å². The number of anilines is 1. The van der Waals surface area contributed by atoms with Crippen molar-refractivity contribution >= 4 is 17.7 Å². The number of rotatable bonds is 11. The Bertz CT molecular complexity index is 1500. The van der Waals surface area contributed by atoms with Gasteiger partial charge in [-0.05, 0) is 60.4 Å². The van der Waals surface area contributed by atoms with Crippen LogP contribution in [0, 0.1) is 29.2 Å². The number of alkyl carbamates (subject to hydrolysis) is 1. The Balaban J connectivity index is 1.37. The average Bonchev–Trinajstić information content (AvgIpc) is 3.01. The first kappa shape index (κ1) is 34.7. The van der Waals surface area contributed by atoms with E-state index in [0.29, 0.717) is 24.1 Å². The lowest BCUT2D eigenvalue weighted by molar-refractivity contribution is -0.124. The van der Waals surface area contributed by atoms with Gasteiger partial charge in [0, 0.05) is 29.6 Å². The van der Waals surface area contributed by atoms with Gasteiger partial charge in [-0.15, -0.1) is 0 Å². The van der Waals surface area contributed by atoms with E-state index < -0.39 is 65.9 Å². The predicted octanol–water partition coefficient (Wildman–Crippen LogP) is 6.23. The molecule has 0 radical (unpaired) electrons. The van der Waals surface area contributed by atoms with Crippen molar-refractivity contribution in [2.75, 3.05) is 31.6 Å². The van der Waals surface area contributed by atoms with Gasteiger partial charge in [0.1, 0.15) is 24.8 Å². The number of benzene rings is 3. The molecule has 4 atom stereocenters. The standard InChI is InChI=1S/C32H32F7N3O4/c1-18(29(19-5-8-21(33)9-6-19)20-7-12-26(35)27(36)13-20)30(43)42-28-4-2-3-25(34)24(28)11-10-23-14-40-22(15-45-23)16-46-31(44)41-17-32(37,38)39/h2-9,12-13,18,22-23,29,40H,10-11,14-17H2,1H3,(H,41,44)(H,42,43)/t18-,22-,23+,29+/m0/s1. The van der Waals surface area contributed by atoms with Gasteiger partial charge in [-0.2, -0.15) is 13.2 Å². The van der Waals surface area contributed by atoms with Crippen molar-refractivity contribution in [2.45, 2.75) is 44.0 Å². The van der Waals surface area contributed by atoms with Gasteiger partial charge in [0.15, 0.2) is 11.6 Å². The van der Waals surface area contributed by atoms with E-state index in [0.717, 1.165) is 12.1 Å². The lowest BCUT2D eigenvalue weighted by Crippen LogP contribution is -2.49. The molecule has 1 saturated heterocycles. The van der Waals surface area contributed by atoms with Crippen molar-refractivity contribution in [1.29, 1.82) is 0 Å². The first-order valence-electron chi connectivity index (χ1n) is 14.4. The largest absolute Gasteiger partial charge is 0.448 e. The van der Waals surface area contributed by atoms with Crippen LogP contribution in [0.1, 0.15) is 36.0 Å². The van der Waals surface area contributed by atoms with Crippen LogP contribution in [-0.2, 0) is 20.7 Å². The summed E-state index contributed by atoms with van der Waals surface area (Å²) in [5.41, 5.74) is 1.20. The van der Waals surface area contributed by atoms with E-state index in [2.05, 4.69) is 10.6 Å². The second-order valence-electron chi connectivity index (χ2n) is 10.9. The van der Waals surface area contributed by atoms with Crippen LogP contribution in [0.25, 0.3) is 0 Å². The van der Waals surface area contributed by atoms with Gasteiger partial charge < -0.3 is 25.4 Å². The molecule has 7 nitrogen and oxygen atoms in total. The van der Waals surface area contributed by atoms with Crippen molar-refractivity contribution in [1.82, 2.24) is 10.6 Å². The van der Waals surface area contributed by atoms with Crippen LogP contribution in [0.15, 0.2) is 60.7 Å². The average molecular weight is 656 g/mol. The van der Waals surface area contributed by atoms with E-state index in [9.17, 15) is 40.3 Å². The molecule has 3 aromatic rings. The van der Waals surface area contributed by atoms with Crippen LogP contribution in [0.3, 0.4) is 0 Å². The molecular weight excluding hydrogens is 623 g/mol. The minimum Gasteiger partial charge on any atom is -0.448 e. The van der Waals surface area contributed by atoms with Crippen LogP contribution < -0.4 is 16.0 Å². The van der Waals surface area contributed by atoms with Gasteiger partial charge in [0.25, 0.3) is 0 Å². The van der Waals surface area contributed by atoms with Crippen LogP contribution in [-0.4, -0.2) is 56.6 Å². The molecule has 1 heterocycles. The van der Waals surface area contributed by atoms with E-state index >= 15 is 0 Å². The second-order valence-corrected chi connectivity index (χ2v) is 10.9. The van der Waals surface area contributed by atoms with Crippen molar-refractivity contribution in [3.63, 3.8) is 0 Å². The zero-order valence-corrected chi connectivity index (χ0v) is 24.6. The molecule has 0 saturated carbocycles. The molecule has 0 aliphatic carbocycles.